The molecule has 2 N–H and O–H groups in total. The average molecular weight is 250 g/mol. The monoisotopic (exact) mass is 250 g/mol. The van der Waals surface area contributed by atoms with Crippen LogP contribution >= 0.6 is 0 Å². The Morgan fingerprint density at radius 3 is 2.50 bits per heavy atom. The number of hydrogen-bond acceptors (Lipinski definition) is 4. The lowest BCUT2D eigenvalue weighted by Gasteiger charge is -2.34. The summed E-state index contributed by atoms with van der Waals surface area (Å²) in [6.07, 6.45) is 0.979. The third-order valence-corrected chi connectivity index (χ3v) is 3.43. The lowest BCUT2D eigenvalue weighted by molar-refractivity contribution is 0.0147. The Balaban J connectivity index is 2.11. The first-order valence-corrected chi connectivity index (χ1v) is 6.51. The zero-order valence-corrected chi connectivity index (χ0v) is 11.0. The summed E-state index contributed by atoms with van der Waals surface area (Å²) in [5.74, 6) is 0.896. The Morgan fingerprint density at radius 1 is 1.28 bits per heavy atom. The van der Waals surface area contributed by atoms with Gasteiger partial charge in [-0.25, -0.2) is 0 Å². The van der Waals surface area contributed by atoms with E-state index in [1.54, 1.807) is 7.11 Å². The van der Waals surface area contributed by atoms with Crippen LogP contribution in [0.2, 0.25) is 0 Å². The minimum Gasteiger partial charge on any atom is -0.497 e. The molecule has 0 aromatic heterocycles. The number of rotatable bonds is 5. The van der Waals surface area contributed by atoms with Crippen LogP contribution < -0.4 is 10.5 Å². The summed E-state index contributed by atoms with van der Waals surface area (Å²) in [4.78, 5) is 2.46. The van der Waals surface area contributed by atoms with Gasteiger partial charge in [-0.2, -0.15) is 0 Å². The Hall–Kier alpha value is -1.10. The third-order valence-electron chi connectivity index (χ3n) is 3.43. The summed E-state index contributed by atoms with van der Waals surface area (Å²) in [5, 5.41) is 0. The Labute approximate surface area is 109 Å². The smallest absolute Gasteiger partial charge is 0.118 e. The van der Waals surface area contributed by atoms with Crippen molar-refractivity contribution in [2.45, 2.75) is 12.5 Å². The molecule has 0 bridgehead atoms. The van der Waals surface area contributed by atoms with Gasteiger partial charge in [0.15, 0.2) is 0 Å². The van der Waals surface area contributed by atoms with Crippen LogP contribution in [0.15, 0.2) is 24.3 Å². The molecule has 1 fully saturated rings. The fourth-order valence-corrected chi connectivity index (χ4v) is 2.43. The molecule has 1 heterocycles. The van der Waals surface area contributed by atoms with Crippen molar-refractivity contribution in [1.82, 2.24) is 4.90 Å². The summed E-state index contributed by atoms with van der Waals surface area (Å²) < 4.78 is 10.6. The molecule has 0 spiro atoms. The van der Waals surface area contributed by atoms with E-state index in [0.29, 0.717) is 12.6 Å². The normalized spacial score (nSPS) is 18.6. The van der Waals surface area contributed by atoms with Gasteiger partial charge >= 0.3 is 0 Å². The summed E-state index contributed by atoms with van der Waals surface area (Å²) in [6, 6.07) is 8.69. The van der Waals surface area contributed by atoms with E-state index in [9.17, 15) is 0 Å². The minimum absolute atomic E-state index is 0.393. The van der Waals surface area contributed by atoms with Gasteiger partial charge in [0.05, 0.1) is 20.3 Å². The van der Waals surface area contributed by atoms with E-state index in [0.717, 1.165) is 38.5 Å². The molecule has 0 saturated carbocycles. The summed E-state index contributed by atoms with van der Waals surface area (Å²) in [5.41, 5.74) is 7.06. The second-order valence-electron chi connectivity index (χ2n) is 4.51. The van der Waals surface area contributed by atoms with Gasteiger partial charge in [-0.3, -0.25) is 4.90 Å². The Morgan fingerprint density at radius 2 is 1.94 bits per heavy atom. The lowest BCUT2D eigenvalue weighted by Crippen LogP contribution is -2.39. The van der Waals surface area contributed by atoms with Gasteiger partial charge in [-0.1, -0.05) is 12.1 Å². The highest BCUT2D eigenvalue weighted by Crippen LogP contribution is 2.26. The molecule has 100 valence electrons. The first-order valence-electron chi connectivity index (χ1n) is 6.51. The quantitative estimate of drug-likeness (QED) is 0.858. The van der Waals surface area contributed by atoms with Crippen LogP contribution in [0.1, 0.15) is 18.0 Å². The van der Waals surface area contributed by atoms with Crippen LogP contribution in [0.3, 0.4) is 0 Å². The highest BCUT2D eigenvalue weighted by molar-refractivity contribution is 5.29. The molecule has 1 saturated heterocycles. The molecule has 0 aliphatic carbocycles. The van der Waals surface area contributed by atoms with E-state index in [1.165, 1.54) is 5.56 Å². The number of methoxy groups -OCH3 is 1. The van der Waals surface area contributed by atoms with Crippen LogP contribution in [-0.4, -0.2) is 44.9 Å². The van der Waals surface area contributed by atoms with Crippen molar-refractivity contribution in [2.24, 2.45) is 5.73 Å². The van der Waals surface area contributed by atoms with Crippen LogP contribution in [0, 0.1) is 0 Å². The molecule has 1 aromatic carbocycles. The Bertz CT molecular complexity index is 347. The van der Waals surface area contributed by atoms with E-state index in [2.05, 4.69) is 17.0 Å². The van der Waals surface area contributed by atoms with E-state index in [1.807, 2.05) is 12.1 Å². The number of hydrogen-bond donors (Lipinski definition) is 1. The van der Waals surface area contributed by atoms with Gasteiger partial charge in [-0.05, 0) is 30.7 Å². The number of ether oxygens (including phenoxy) is 2. The lowest BCUT2D eigenvalue weighted by atomic mass is 10.0. The van der Waals surface area contributed by atoms with Crippen molar-refractivity contribution in [1.29, 1.82) is 0 Å². The first kappa shape index (κ1) is 13.3. The molecule has 1 aromatic rings. The second kappa shape index (κ2) is 6.73. The van der Waals surface area contributed by atoms with Crippen LogP contribution in [0.4, 0.5) is 0 Å². The molecule has 0 radical (unpaired) electrons. The molecule has 1 aliphatic rings. The maximum absolute atomic E-state index is 5.75. The van der Waals surface area contributed by atoms with Gasteiger partial charge in [0, 0.05) is 19.1 Å². The molecule has 2 rings (SSSR count). The van der Waals surface area contributed by atoms with Gasteiger partial charge < -0.3 is 15.2 Å². The summed E-state index contributed by atoms with van der Waals surface area (Å²) in [6.45, 7) is 4.30. The number of nitrogens with zero attached hydrogens (tertiary/aromatic N) is 1. The van der Waals surface area contributed by atoms with Crippen LogP contribution in [0.5, 0.6) is 5.75 Å². The number of nitrogens with two attached hydrogens (primary N) is 1. The molecule has 1 unspecified atom stereocenters. The average Bonchev–Trinajstić information content (AvgIpc) is 2.46. The molecule has 1 atom stereocenters. The number of benzene rings is 1. The first-order chi connectivity index (χ1) is 8.85. The second-order valence-corrected chi connectivity index (χ2v) is 4.51. The highest BCUT2D eigenvalue weighted by Gasteiger charge is 2.21. The van der Waals surface area contributed by atoms with E-state index < -0.39 is 0 Å². The van der Waals surface area contributed by atoms with Gasteiger partial charge in [0.2, 0.25) is 0 Å². The maximum atomic E-state index is 5.75. The molecule has 18 heavy (non-hydrogen) atoms. The predicted molar refractivity (Wildman–Crippen MR) is 71.8 cm³/mol. The SMILES string of the molecule is COc1ccc(C(CCN)N2CCOCC2)cc1. The van der Waals surface area contributed by atoms with Crippen LogP contribution in [0.25, 0.3) is 0 Å². The molecule has 0 amide bonds. The predicted octanol–water partition coefficient (Wildman–Crippen LogP) is 1.42. The zero-order valence-electron chi connectivity index (χ0n) is 11.0. The fourth-order valence-electron chi connectivity index (χ4n) is 2.43. The fraction of sp³-hybridized carbons (Fsp3) is 0.571. The Kier molecular flexibility index (Phi) is 4.99. The van der Waals surface area contributed by atoms with E-state index in [4.69, 9.17) is 15.2 Å². The van der Waals surface area contributed by atoms with Crippen molar-refractivity contribution < 1.29 is 9.47 Å². The third kappa shape index (κ3) is 3.22. The number of morpholine rings is 1. The van der Waals surface area contributed by atoms with Crippen molar-refractivity contribution in [3.05, 3.63) is 29.8 Å². The van der Waals surface area contributed by atoms with Crippen molar-refractivity contribution >= 4 is 0 Å². The van der Waals surface area contributed by atoms with Crippen molar-refractivity contribution in [3.8, 4) is 5.75 Å². The summed E-state index contributed by atoms with van der Waals surface area (Å²) >= 11 is 0. The molecular weight excluding hydrogens is 228 g/mol. The van der Waals surface area contributed by atoms with E-state index >= 15 is 0 Å². The molecular formula is C14H22N2O2. The standard InChI is InChI=1S/C14H22N2O2/c1-17-13-4-2-12(3-5-13)14(6-7-15)16-8-10-18-11-9-16/h2-5,14H,6-11,15H2,1H3. The molecule has 4 nitrogen and oxygen atoms in total. The summed E-state index contributed by atoms with van der Waals surface area (Å²) in [7, 11) is 1.69. The maximum Gasteiger partial charge on any atom is 0.118 e. The zero-order chi connectivity index (χ0) is 12.8. The van der Waals surface area contributed by atoms with Gasteiger partial charge in [-0.15, -0.1) is 0 Å². The molecule has 4 heteroatoms. The van der Waals surface area contributed by atoms with Crippen molar-refractivity contribution in [2.75, 3.05) is 40.0 Å². The largest absolute Gasteiger partial charge is 0.497 e. The minimum atomic E-state index is 0.393. The molecule has 1 aliphatic heterocycles. The highest BCUT2D eigenvalue weighted by atomic mass is 16.5. The topological polar surface area (TPSA) is 47.7 Å². The van der Waals surface area contributed by atoms with Gasteiger partial charge in [0.1, 0.15) is 5.75 Å². The van der Waals surface area contributed by atoms with Crippen LogP contribution in [-0.2, 0) is 4.74 Å². The van der Waals surface area contributed by atoms with Crippen molar-refractivity contribution in [3.63, 3.8) is 0 Å². The van der Waals surface area contributed by atoms with Gasteiger partial charge in [0.25, 0.3) is 0 Å². The van der Waals surface area contributed by atoms with E-state index in [-0.39, 0.29) is 0 Å².